The van der Waals surface area contributed by atoms with Gasteiger partial charge in [-0.05, 0) is 18.4 Å². The van der Waals surface area contributed by atoms with Crippen LogP contribution in [0.3, 0.4) is 0 Å². The maximum absolute atomic E-state index is 13.3. The molecule has 1 aliphatic carbocycles. The molecule has 5 nitrogen and oxygen atoms in total. The summed E-state index contributed by atoms with van der Waals surface area (Å²) in [5.41, 5.74) is -0.188. The van der Waals surface area contributed by atoms with Crippen molar-refractivity contribution in [1.29, 1.82) is 0 Å². The normalized spacial score (nSPS) is 16.1. The van der Waals surface area contributed by atoms with Crippen LogP contribution < -0.4 is 5.32 Å². The second kappa shape index (κ2) is 5.12. The van der Waals surface area contributed by atoms with Crippen molar-refractivity contribution in [2.24, 2.45) is 5.92 Å². The summed E-state index contributed by atoms with van der Waals surface area (Å²) in [6.07, 6.45) is 4.58. The summed E-state index contributed by atoms with van der Waals surface area (Å²) in [6, 6.07) is 0.262. The Morgan fingerprint density at radius 2 is 2.28 bits per heavy atom. The van der Waals surface area contributed by atoms with Crippen LogP contribution in [0.2, 0.25) is 0 Å². The lowest BCUT2D eigenvalue weighted by molar-refractivity contribution is -0.139. The molecule has 0 bridgehead atoms. The van der Waals surface area contributed by atoms with Crippen LogP contribution in [0, 0.1) is 11.7 Å². The summed E-state index contributed by atoms with van der Waals surface area (Å²) in [7, 11) is 0. The molecule has 1 fully saturated rings. The van der Waals surface area contributed by atoms with Crippen molar-refractivity contribution in [1.82, 2.24) is 10.3 Å². The molecule has 2 N–H and O–H groups in total. The van der Waals surface area contributed by atoms with Gasteiger partial charge in [-0.1, -0.05) is 12.8 Å². The van der Waals surface area contributed by atoms with Crippen LogP contribution in [0.4, 0.5) is 4.39 Å². The first kappa shape index (κ1) is 12.5. The van der Waals surface area contributed by atoms with Crippen molar-refractivity contribution < 1.29 is 19.1 Å². The summed E-state index contributed by atoms with van der Waals surface area (Å²) in [4.78, 5) is 26.3. The fourth-order valence-corrected chi connectivity index (χ4v) is 1.70. The van der Waals surface area contributed by atoms with Crippen LogP contribution >= 0.6 is 0 Å². The number of amides is 1. The Bertz CT molecular complexity index is 474. The molecular formula is C12H13FN2O3. The Labute approximate surface area is 103 Å². The van der Waals surface area contributed by atoms with Gasteiger partial charge in [0, 0.05) is 6.20 Å². The van der Waals surface area contributed by atoms with Crippen molar-refractivity contribution >= 4 is 11.9 Å². The maximum atomic E-state index is 13.3. The molecule has 0 saturated heterocycles. The molecule has 0 spiro atoms. The Balaban J connectivity index is 2.04. The molecule has 1 amide bonds. The van der Waals surface area contributed by atoms with Gasteiger partial charge in [0.2, 0.25) is 0 Å². The van der Waals surface area contributed by atoms with Gasteiger partial charge < -0.3 is 10.4 Å². The number of nitrogens with one attached hydrogen (secondary N) is 1. The van der Waals surface area contributed by atoms with Crippen LogP contribution in [-0.4, -0.2) is 28.0 Å². The van der Waals surface area contributed by atoms with E-state index >= 15 is 0 Å². The molecule has 1 saturated carbocycles. The van der Waals surface area contributed by atoms with E-state index in [0.717, 1.165) is 19.0 Å². The lowest BCUT2D eigenvalue weighted by Crippen LogP contribution is -2.41. The summed E-state index contributed by atoms with van der Waals surface area (Å²) < 4.78 is 13.3. The predicted octanol–water partition coefficient (Wildman–Crippen LogP) is 1.20. The molecule has 1 heterocycles. The number of carboxylic acid groups (broad SMARTS) is 1. The highest BCUT2D eigenvalue weighted by atomic mass is 19.1. The zero-order valence-electron chi connectivity index (χ0n) is 9.60. The molecule has 1 aromatic heterocycles. The summed E-state index contributed by atoms with van der Waals surface area (Å²) in [6.45, 7) is 0. The molecule has 18 heavy (non-hydrogen) atoms. The number of carboxylic acids is 1. The van der Waals surface area contributed by atoms with Crippen molar-refractivity contribution in [2.45, 2.75) is 25.3 Å². The first-order chi connectivity index (χ1) is 8.58. The molecule has 0 radical (unpaired) electrons. The lowest BCUT2D eigenvalue weighted by Gasteiger charge is -2.14. The number of carbonyl (C=O) groups is 2. The van der Waals surface area contributed by atoms with E-state index in [1.165, 1.54) is 12.3 Å². The second-order valence-electron chi connectivity index (χ2n) is 4.40. The first-order valence-corrected chi connectivity index (χ1v) is 5.71. The molecule has 2 rings (SSSR count). The third-order valence-electron chi connectivity index (χ3n) is 2.89. The van der Waals surface area contributed by atoms with E-state index in [1.54, 1.807) is 0 Å². The van der Waals surface area contributed by atoms with Crippen molar-refractivity contribution in [3.05, 3.63) is 29.8 Å². The Morgan fingerprint density at radius 1 is 1.56 bits per heavy atom. The quantitative estimate of drug-likeness (QED) is 0.825. The zero-order chi connectivity index (χ0) is 13.1. The van der Waals surface area contributed by atoms with Crippen LogP contribution in [0.15, 0.2) is 18.5 Å². The minimum atomic E-state index is -1.09. The van der Waals surface area contributed by atoms with E-state index in [0.29, 0.717) is 12.3 Å². The van der Waals surface area contributed by atoms with Gasteiger partial charge in [0.1, 0.15) is 6.04 Å². The van der Waals surface area contributed by atoms with E-state index in [9.17, 15) is 14.0 Å². The van der Waals surface area contributed by atoms with E-state index in [-0.39, 0.29) is 5.56 Å². The van der Waals surface area contributed by atoms with E-state index in [2.05, 4.69) is 10.3 Å². The van der Waals surface area contributed by atoms with Crippen molar-refractivity contribution in [3.8, 4) is 0 Å². The number of rotatable bonds is 5. The molecule has 96 valence electrons. The van der Waals surface area contributed by atoms with Gasteiger partial charge in [-0.2, -0.15) is 0 Å². The topological polar surface area (TPSA) is 79.3 Å². The lowest BCUT2D eigenvalue weighted by atomic mass is 10.1. The molecule has 1 aliphatic rings. The van der Waals surface area contributed by atoms with Gasteiger partial charge in [0.15, 0.2) is 5.82 Å². The highest BCUT2D eigenvalue weighted by molar-refractivity contribution is 5.96. The molecule has 1 atom stereocenters. The van der Waals surface area contributed by atoms with Crippen LogP contribution in [0.25, 0.3) is 0 Å². The van der Waals surface area contributed by atoms with Gasteiger partial charge in [0.25, 0.3) is 5.91 Å². The van der Waals surface area contributed by atoms with Gasteiger partial charge >= 0.3 is 5.97 Å². The average Bonchev–Trinajstić information content (AvgIpc) is 3.12. The van der Waals surface area contributed by atoms with E-state index < -0.39 is 23.7 Å². The second-order valence-corrected chi connectivity index (χ2v) is 4.40. The SMILES string of the molecule is O=C(NC(CC1CC1)C(=O)O)c1ccncc1F. The van der Waals surface area contributed by atoms with Crippen molar-refractivity contribution in [3.63, 3.8) is 0 Å². The molecular weight excluding hydrogens is 239 g/mol. The summed E-state index contributed by atoms with van der Waals surface area (Å²) in [5.74, 6) is -2.22. The third kappa shape index (κ3) is 3.03. The number of hydrogen-bond acceptors (Lipinski definition) is 3. The standard InChI is InChI=1S/C12H13FN2O3/c13-9-6-14-4-3-8(9)11(16)15-10(12(17)18)5-7-1-2-7/h3-4,6-7,10H,1-2,5H2,(H,15,16)(H,17,18). The highest BCUT2D eigenvalue weighted by Gasteiger charge is 2.30. The van der Waals surface area contributed by atoms with Gasteiger partial charge in [0.05, 0.1) is 11.8 Å². The number of hydrogen-bond donors (Lipinski definition) is 2. The summed E-state index contributed by atoms with van der Waals surface area (Å²) in [5, 5.41) is 11.3. The van der Waals surface area contributed by atoms with Crippen LogP contribution in [0.1, 0.15) is 29.6 Å². The smallest absolute Gasteiger partial charge is 0.326 e. The number of aromatic nitrogens is 1. The fourth-order valence-electron chi connectivity index (χ4n) is 1.70. The Kier molecular flexibility index (Phi) is 3.55. The highest BCUT2D eigenvalue weighted by Crippen LogP contribution is 2.33. The average molecular weight is 252 g/mol. The predicted molar refractivity (Wildman–Crippen MR) is 60.4 cm³/mol. The largest absolute Gasteiger partial charge is 0.480 e. The minimum absolute atomic E-state index is 0.188. The Hall–Kier alpha value is -1.98. The number of aliphatic carboxylic acids is 1. The van der Waals surface area contributed by atoms with E-state index in [4.69, 9.17) is 5.11 Å². The van der Waals surface area contributed by atoms with Crippen molar-refractivity contribution in [2.75, 3.05) is 0 Å². The minimum Gasteiger partial charge on any atom is -0.480 e. The van der Waals surface area contributed by atoms with E-state index in [1.807, 2.05) is 0 Å². The molecule has 1 unspecified atom stereocenters. The van der Waals surface area contributed by atoms with Gasteiger partial charge in [-0.25, -0.2) is 9.18 Å². The number of nitrogens with zero attached hydrogens (tertiary/aromatic N) is 1. The van der Waals surface area contributed by atoms with Crippen LogP contribution in [0.5, 0.6) is 0 Å². The maximum Gasteiger partial charge on any atom is 0.326 e. The van der Waals surface area contributed by atoms with Crippen LogP contribution in [-0.2, 0) is 4.79 Å². The zero-order valence-corrected chi connectivity index (χ0v) is 9.60. The molecule has 0 aliphatic heterocycles. The summed E-state index contributed by atoms with van der Waals surface area (Å²) >= 11 is 0. The molecule has 1 aromatic rings. The van der Waals surface area contributed by atoms with Gasteiger partial charge in [-0.15, -0.1) is 0 Å². The fraction of sp³-hybridized carbons (Fsp3) is 0.417. The van der Waals surface area contributed by atoms with Gasteiger partial charge in [-0.3, -0.25) is 9.78 Å². The Morgan fingerprint density at radius 3 is 2.83 bits per heavy atom. The monoisotopic (exact) mass is 252 g/mol. The number of carbonyl (C=O) groups excluding carboxylic acids is 1. The number of halogens is 1. The number of pyridine rings is 1. The molecule has 6 heteroatoms. The third-order valence-corrected chi connectivity index (χ3v) is 2.89. The molecule has 0 aromatic carbocycles. The first-order valence-electron chi connectivity index (χ1n) is 5.71.